The van der Waals surface area contributed by atoms with E-state index in [-0.39, 0.29) is 29.8 Å². The van der Waals surface area contributed by atoms with Crippen molar-refractivity contribution < 1.29 is 13.9 Å². The molecule has 33 heavy (non-hydrogen) atoms. The van der Waals surface area contributed by atoms with Crippen LogP contribution in [0.4, 0.5) is 9.18 Å². The highest BCUT2D eigenvalue weighted by atomic mass is 19.1. The molecular weight excluding hydrogens is 425 g/mol. The fraction of sp³-hybridized carbons (Fsp3) is 0.391. The molecule has 0 saturated heterocycles. The maximum absolute atomic E-state index is 13.6. The zero-order valence-corrected chi connectivity index (χ0v) is 18.9. The third-order valence-corrected chi connectivity index (χ3v) is 6.06. The minimum absolute atomic E-state index is 0.00296. The normalized spacial score (nSPS) is 19.9. The summed E-state index contributed by atoms with van der Waals surface area (Å²) in [6.07, 6.45) is 3.23. The predicted molar refractivity (Wildman–Crippen MR) is 121 cm³/mol. The SMILES string of the molecule is COc1ccc(-n2cnnn2)cc1CN[C@H]1CC[C@H](NC(=O)N(C)C)[C@H]1c1ccc(F)cc1. The van der Waals surface area contributed by atoms with Gasteiger partial charge in [-0.1, -0.05) is 12.1 Å². The van der Waals surface area contributed by atoms with Gasteiger partial charge in [-0.3, -0.25) is 0 Å². The molecule has 1 heterocycles. The highest BCUT2D eigenvalue weighted by Crippen LogP contribution is 2.36. The number of nitrogens with one attached hydrogen (secondary N) is 2. The van der Waals surface area contributed by atoms with Gasteiger partial charge in [-0.05, 0) is 59.2 Å². The molecule has 0 radical (unpaired) electrons. The Morgan fingerprint density at radius 3 is 2.61 bits per heavy atom. The summed E-state index contributed by atoms with van der Waals surface area (Å²) in [5.41, 5.74) is 2.78. The van der Waals surface area contributed by atoms with Gasteiger partial charge in [0.05, 0.1) is 12.8 Å². The lowest BCUT2D eigenvalue weighted by Crippen LogP contribution is -2.45. The molecule has 0 bridgehead atoms. The van der Waals surface area contributed by atoms with E-state index in [4.69, 9.17) is 4.74 Å². The summed E-state index contributed by atoms with van der Waals surface area (Å²) in [5, 5.41) is 18.1. The summed E-state index contributed by atoms with van der Waals surface area (Å²) in [5.74, 6) is 0.482. The third kappa shape index (κ3) is 5.11. The quantitative estimate of drug-likeness (QED) is 0.571. The van der Waals surface area contributed by atoms with Crippen molar-refractivity contribution in [1.29, 1.82) is 0 Å². The van der Waals surface area contributed by atoms with Gasteiger partial charge in [0, 0.05) is 44.2 Å². The number of carbonyl (C=O) groups is 1. The molecule has 9 nitrogen and oxygen atoms in total. The first kappa shape index (κ1) is 22.7. The Labute approximate surface area is 191 Å². The fourth-order valence-corrected chi connectivity index (χ4v) is 4.39. The lowest BCUT2D eigenvalue weighted by molar-refractivity contribution is 0.211. The fourth-order valence-electron chi connectivity index (χ4n) is 4.39. The first-order valence-electron chi connectivity index (χ1n) is 10.8. The third-order valence-electron chi connectivity index (χ3n) is 6.06. The average Bonchev–Trinajstić information content (AvgIpc) is 3.48. The molecule has 1 fully saturated rings. The summed E-state index contributed by atoms with van der Waals surface area (Å²) >= 11 is 0. The second kappa shape index (κ2) is 9.95. The van der Waals surface area contributed by atoms with Gasteiger partial charge in [0.1, 0.15) is 17.9 Å². The number of methoxy groups -OCH3 is 1. The predicted octanol–water partition coefficient (Wildman–Crippen LogP) is 2.49. The van der Waals surface area contributed by atoms with Gasteiger partial charge in [0.15, 0.2) is 0 Å². The van der Waals surface area contributed by atoms with Crippen molar-refractivity contribution in [3.05, 3.63) is 65.7 Å². The monoisotopic (exact) mass is 453 g/mol. The van der Waals surface area contributed by atoms with Crippen molar-refractivity contribution in [1.82, 2.24) is 35.7 Å². The zero-order valence-electron chi connectivity index (χ0n) is 18.9. The van der Waals surface area contributed by atoms with Crippen LogP contribution in [0.1, 0.15) is 29.9 Å². The van der Waals surface area contributed by atoms with Gasteiger partial charge in [0.2, 0.25) is 0 Å². The van der Waals surface area contributed by atoms with E-state index in [1.807, 2.05) is 18.2 Å². The van der Waals surface area contributed by atoms with Gasteiger partial charge in [0.25, 0.3) is 0 Å². The van der Waals surface area contributed by atoms with Crippen molar-refractivity contribution >= 4 is 6.03 Å². The zero-order chi connectivity index (χ0) is 23.4. The summed E-state index contributed by atoms with van der Waals surface area (Å²) in [4.78, 5) is 13.9. The Hall–Kier alpha value is -3.53. The van der Waals surface area contributed by atoms with Gasteiger partial charge in [-0.2, -0.15) is 0 Å². The molecule has 2 amide bonds. The van der Waals surface area contributed by atoms with Crippen molar-refractivity contribution in [2.45, 2.75) is 37.4 Å². The van der Waals surface area contributed by atoms with E-state index in [9.17, 15) is 9.18 Å². The Bertz CT molecular complexity index is 1070. The molecule has 3 atom stereocenters. The topological polar surface area (TPSA) is 97.2 Å². The smallest absolute Gasteiger partial charge is 0.317 e. The number of rotatable bonds is 7. The number of aromatic nitrogens is 4. The van der Waals surface area contributed by atoms with E-state index in [0.717, 1.165) is 35.4 Å². The van der Waals surface area contributed by atoms with Crippen LogP contribution in [0.15, 0.2) is 48.8 Å². The van der Waals surface area contributed by atoms with Crippen molar-refractivity contribution in [3.63, 3.8) is 0 Å². The highest BCUT2D eigenvalue weighted by Gasteiger charge is 2.38. The number of halogens is 1. The molecule has 2 aromatic carbocycles. The summed E-state index contributed by atoms with van der Waals surface area (Å²) < 4.78 is 20.7. The number of amides is 2. The Morgan fingerprint density at radius 1 is 1.18 bits per heavy atom. The maximum atomic E-state index is 13.6. The van der Waals surface area contributed by atoms with Crippen LogP contribution in [0.25, 0.3) is 5.69 Å². The Morgan fingerprint density at radius 2 is 1.94 bits per heavy atom. The molecule has 1 saturated carbocycles. The van der Waals surface area contributed by atoms with E-state index < -0.39 is 0 Å². The van der Waals surface area contributed by atoms with Crippen LogP contribution in [0, 0.1) is 5.82 Å². The Balaban J connectivity index is 1.55. The second-order valence-corrected chi connectivity index (χ2v) is 8.34. The average molecular weight is 454 g/mol. The van der Waals surface area contributed by atoms with E-state index in [0.29, 0.717) is 6.54 Å². The number of hydrogen-bond acceptors (Lipinski definition) is 6. The van der Waals surface area contributed by atoms with Gasteiger partial charge < -0.3 is 20.3 Å². The van der Waals surface area contributed by atoms with Crippen molar-refractivity contribution in [3.8, 4) is 11.4 Å². The second-order valence-electron chi connectivity index (χ2n) is 8.34. The van der Waals surface area contributed by atoms with Gasteiger partial charge in [-0.15, -0.1) is 5.10 Å². The number of benzene rings is 2. The van der Waals surface area contributed by atoms with Crippen LogP contribution in [0.2, 0.25) is 0 Å². The van der Waals surface area contributed by atoms with Crippen LogP contribution in [0.3, 0.4) is 0 Å². The van der Waals surface area contributed by atoms with Crippen LogP contribution >= 0.6 is 0 Å². The summed E-state index contributed by atoms with van der Waals surface area (Å²) in [7, 11) is 5.08. The number of carbonyl (C=O) groups excluding carboxylic acids is 1. The van der Waals surface area contributed by atoms with E-state index in [2.05, 4.69) is 26.2 Å². The highest BCUT2D eigenvalue weighted by molar-refractivity contribution is 5.74. The van der Waals surface area contributed by atoms with Crippen molar-refractivity contribution in [2.75, 3.05) is 21.2 Å². The molecule has 0 unspecified atom stereocenters. The molecule has 1 aliphatic carbocycles. The first-order valence-corrected chi connectivity index (χ1v) is 10.8. The maximum Gasteiger partial charge on any atom is 0.317 e. The molecule has 3 aromatic rings. The number of urea groups is 1. The molecular formula is C23H28FN7O2. The number of hydrogen-bond donors (Lipinski definition) is 2. The molecule has 2 N–H and O–H groups in total. The molecule has 1 aliphatic rings. The minimum Gasteiger partial charge on any atom is -0.496 e. The number of tetrazole rings is 1. The number of nitrogens with zero attached hydrogens (tertiary/aromatic N) is 5. The number of ether oxygens (including phenoxy) is 1. The van der Waals surface area contributed by atoms with Crippen LogP contribution in [0.5, 0.6) is 5.75 Å². The molecule has 174 valence electrons. The largest absolute Gasteiger partial charge is 0.496 e. The molecule has 10 heteroatoms. The molecule has 4 rings (SSSR count). The first-order chi connectivity index (χ1) is 16.0. The summed E-state index contributed by atoms with van der Waals surface area (Å²) in [6.45, 7) is 0.551. The van der Waals surface area contributed by atoms with E-state index in [1.54, 1.807) is 44.3 Å². The van der Waals surface area contributed by atoms with Gasteiger partial charge >= 0.3 is 6.03 Å². The minimum atomic E-state index is -0.278. The van der Waals surface area contributed by atoms with Gasteiger partial charge in [-0.25, -0.2) is 13.9 Å². The lowest BCUT2D eigenvalue weighted by atomic mass is 9.90. The summed E-state index contributed by atoms with van der Waals surface area (Å²) in [6, 6.07) is 12.2. The van der Waals surface area contributed by atoms with Crippen molar-refractivity contribution in [2.24, 2.45) is 0 Å². The molecule has 1 aromatic heterocycles. The molecule has 0 spiro atoms. The van der Waals surface area contributed by atoms with Crippen LogP contribution in [-0.4, -0.2) is 64.4 Å². The molecule has 0 aliphatic heterocycles. The lowest BCUT2D eigenvalue weighted by Gasteiger charge is -2.28. The van der Waals surface area contributed by atoms with Crippen LogP contribution in [-0.2, 0) is 6.54 Å². The van der Waals surface area contributed by atoms with E-state index in [1.165, 1.54) is 17.0 Å². The standard InChI is InChI=1S/C23H28FN7O2/c1-30(2)23(32)27-20-10-9-19(22(20)15-4-6-17(24)7-5-15)25-13-16-12-18(8-11-21(16)33-3)31-14-26-28-29-31/h4-8,11-12,14,19-20,22,25H,9-10,13H2,1-3H3,(H,27,32)/t19-,20-,22-/m0/s1. The van der Waals surface area contributed by atoms with E-state index >= 15 is 0 Å². The Kier molecular flexibility index (Phi) is 6.83. The van der Waals surface area contributed by atoms with Crippen LogP contribution < -0.4 is 15.4 Å².